The van der Waals surface area contributed by atoms with Crippen LogP contribution in [0.4, 0.5) is 14.5 Å². The van der Waals surface area contributed by atoms with Gasteiger partial charge in [-0.15, -0.1) is 0 Å². The van der Waals surface area contributed by atoms with E-state index in [0.29, 0.717) is 13.2 Å². The van der Waals surface area contributed by atoms with Gasteiger partial charge in [0.05, 0.1) is 11.4 Å². The van der Waals surface area contributed by atoms with Crippen LogP contribution >= 0.6 is 0 Å². The van der Waals surface area contributed by atoms with Crippen LogP contribution in [0.15, 0.2) is 53.4 Å². The summed E-state index contributed by atoms with van der Waals surface area (Å²) in [4.78, 5) is 1.47. The second kappa shape index (κ2) is 7.61. The minimum atomic E-state index is -4.55. The summed E-state index contributed by atoms with van der Waals surface area (Å²) in [6.07, 6.45) is 0. The first-order valence-electron chi connectivity index (χ1n) is 7.34. The number of aryl methyl sites for hydroxylation is 1. The summed E-state index contributed by atoms with van der Waals surface area (Å²) >= 11 is 0. The lowest BCUT2D eigenvalue weighted by atomic mass is 10.2. The highest BCUT2D eigenvalue weighted by Crippen LogP contribution is 2.22. The molecule has 0 radical (unpaired) electrons. The molecule has 0 unspecified atom stereocenters. The van der Waals surface area contributed by atoms with Crippen LogP contribution in [-0.2, 0) is 9.84 Å². The first kappa shape index (κ1) is 18.2. The third-order valence-electron chi connectivity index (χ3n) is 3.62. The molecule has 0 spiro atoms. The summed E-state index contributed by atoms with van der Waals surface area (Å²) in [5, 5.41) is 0. The van der Waals surface area contributed by atoms with E-state index >= 15 is 0 Å². The van der Waals surface area contributed by atoms with E-state index in [9.17, 15) is 17.2 Å². The van der Waals surface area contributed by atoms with E-state index in [1.807, 2.05) is 43.1 Å². The van der Waals surface area contributed by atoms with Crippen molar-refractivity contribution in [2.45, 2.75) is 17.6 Å². The van der Waals surface area contributed by atoms with Crippen LogP contribution in [0.2, 0.25) is 0 Å². The van der Waals surface area contributed by atoms with Crippen molar-refractivity contribution < 1.29 is 21.9 Å². The van der Waals surface area contributed by atoms with Crippen LogP contribution in [0.5, 0.6) is 5.75 Å². The smallest absolute Gasteiger partial charge is 0.341 e. The Bertz CT molecular complexity index is 777. The third kappa shape index (κ3) is 4.23. The Hall–Kier alpha value is -2.15. The van der Waals surface area contributed by atoms with E-state index in [2.05, 4.69) is 0 Å². The molecule has 0 bridgehead atoms. The number of sulfone groups is 1. The van der Waals surface area contributed by atoms with Crippen molar-refractivity contribution in [3.63, 3.8) is 0 Å². The Labute approximate surface area is 140 Å². The molecule has 0 fully saturated rings. The van der Waals surface area contributed by atoms with Gasteiger partial charge in [-0.2, -0.15) is 8.78 Å². The molecular weight excluding hydrogens is 336 g/mol. The first-order valence-corrected chi connectivity index (χ1v) is 8.88. The number of nitrogens with zero attached hydrogens (tertiary/aromatic N) is 1. The van der Waals surface area contributed by atoms with Gasteiger partial charge in [0.15, 0.2) is 0 Å². The molecule has 0 aromatic heterocycles. The number of para-hydroxylation sites is 1. The highest BCUT2D eigenvalue weighted by molar-refractivity contribution is 7.91. The summed E-state index contributed by atoms with van der Waals surface area (Å²) in [5.74, 6) is -2.60. The average molecular weight is 355 g/mol. The molecule has 0 atom stereocenters. The van der Waals surface area contributed by atoms with E-state index in [-0.39, 0.29) is 4.90 Å². The van der Waals surface area contributed by atoms with E-state index in [0.717, 1.165) is 17.0 Å². The van der Waals surface area contributed by atoms with E-state index in [1.54, 1.807) is 0 Å². The molecule has 130 valence electrons. The maximum absolute atomic E-state index is 12.5. The van der Waals surface area contributed by atoms with Crippen molar-refractivity contribution in [3.05, 3.63) is 54.1 Å². The third-order valence-corrected chi connectivity index (χ3v) is 5.02. The van der Waals surface area contributed by atoms with E-state index in [1.165, 1.54) is 24.3 Å². The maximum atomic E-state index is 12.5. The average Bonchev–Trinajstić information content (AvgIpc) is 2.56. The minimum Gasteiger partial charge on any atom is -0.491 e. The van der Waals surface area contributed by atoms with Crippen LogP contribution in [0.25, 0.3) is 0 Å². The molecular formula is C17H19F2NO3S. The lowest BCUT2D eigenvalue weighted by Crippen LogP contribution is -2.24. The second-order valence-corrected chi connectivity index (χ2v) is 7.25. The fourth-order valence-corrected chi connectivity index (χ4v) is 2.85. The van der Waals surface area contributed by atoms with Gasteiger partial charge in [-0.3, -0.25) is 0 Å². The Morgan fingerprint density at radius 1 is 1.08 bits per heavy atom. The predicted octanol–water partition coefficient (Wildman–Crippen LogP) is 3.51. The summed E-state index contributed by atoms with van der Waals surface area (Å²) in [6.45, 7) is 2.97. The van der Waals surface area contributed by atoms with Crippen molar-refractivity contribution in [2.75, 3.05) is 25.1 Å². The Morgan fingerprint density at radius 3 is 2.29 bits per heavy atom. The Morgan fingerprint density at radius 2 is 1.71 bits per heavy atom. The Balaban J connectivity index is 1.96. The zero-order valence-electron chi connectivity index (χ0n) is 13.4. The number of halogens is 2. The topological polar surface area (TPSA) is 46.6 Å². The molecule has 0 saturated heterocycles. The molecule has 0 amide bonds. The SMILES string of the molecule is Cc1ccccc1OCCN(C)c1ccc(S(=O)(=O)C(F)F)cc1. The van der Waals surface area contributed by atoms with Gasteiger partial charge < -0.3 is 9.64 Å². The number of alkyl halides is 2. The monoisotopic (exact) mass is 355 g/mol. The number of hydrogen-bond donors (Lipinski definition) is 0. The lowest BCUT2D eigenvalue weighted by Gasteiger charge is -2.20. The van der Waals surface area contributed by atoms with Crippen molar-refractivity contribution >= 4 is 15.5 Å². The van der Waals surface area contributed by atoms with Crippen molar-refractivity contribution in [3.8, 4) is 5.75 Å². The van der Waals surface area contributed by atoms with Crippen molar-refractivity contribution in [1.29, 1.82) is 0 Å². The van der Waals surface area contributed by atoms with Gasteiger partial charge in [0.1, 0.15) is 12.4 Å². The first-order chi connectivity index (χ1) is 11.3. The largest absolute Gasteiger partial charge is 0.491 e. The second-order valence-electron chi connectivity index (χ2n) is 5.34. The highest BCUT2D eigenvalue weighted by atomic mass is 32.2. The predicted molar refractivity (Wildman–Crippen MR) is 89.6 cm³/mol. The molecule has 24 heavy (non-hydrogen) atoms. The van der Waals surface area contributed by atoms with Gasteiger partial charge in [-0.05, 0) is 42.8 Å². The minimum absolute atomic E-state index is 0.384. The molecule has 7 heteroatoms. The van der Waals surface area contributed by atoms with Crippen LogP contribution in [-0.4, -0.2) is 34.4 Å². The molecule has 0 N–H and O–H groups in total. The summed E-state index contributed by atoms with van der Waals surface area (Å²) in [6, 6.07) is 13.1. The number of ether oxygens (including phenoxy) is 1. The summed E-state index contributed by atoms with van der Waals surface area (Å²) in [5.41, 5.74) is 1.76. The standard InChI is InChI=1S/C17H19F2NO3S/c1-13-5-3-4-6-16(13)23-12-11-20(2)14-7-9-15(10-8-14)24(21,22)17(18)19/h3-10,17H,11-12H2,1-2H3. The molecule has 2 rings (SSSR count). The number of likely N-dealkylation sites (N-methyl/N-ethyl adjacent to an activating group) is 1. The molecule has 0 heterocycles. The maximum Gasteiger partial charge on any atom is 0.341 e. The zero-order chi connectivity index (χ0) is 17.7. The van der Waals surface area contributed by atoms with Crippen LogP contribution < -0.4 is 9.64 Å². The number of rotatable bonds is 7. The summed E-state index contributed by atoms with van der Waals surface area (Å²) < 4.78 is 53.5. The highest BCUT2D eigenvalue weighted by Gasteiger charge is 2.26. The molecule has 2 aromatic carbocycles. The molecule has 4 nitrogen and oxygen atoms in total. The van der Waals surface area contributed by atoms with Gasteiger partial charge in [0.25, 0.3) is 0 Å². The fraction of sp³-hybridized carbons (Fsp3) is 0.294. The van der Waals surface area contributed by atoms with Crippen LogP contribution in [0, 0.1) is 6.92 Å². The van der Waals surface area contributed by atoms with Gasteiger partial charge in [0.2, 0.25) is 9.84 Å². The fourth-order valence-electron chi connectivity index (χ4n) is 2.13. The zero-order valence-corrected chi connectivity index (χ0v) is 14.3. The van der Waals surface area contributed by atoms with Gasteiger partial charge in [-0.25, -0.2) is 8.42 Å². The van der Waals surface area contributed by atoms with Crippen molar-refractivity contribution in [2.24, 2.45) is 0 Å². The molecule has 0 aliphatic heterocycles. The summed E-state index contributed by atoms with van der Waals surface area (Å²) in [7, 11) is -2.74. The Kier molecular flexibility index (Phi) is 5.77. The number of anilines is 1. The van der Waals surface area contributed by atoms with E-state index in [4.69, 9.17) is 4.74 Å². The number of hydrogen-bond acceptors (Lipinski definition) is 4. The molecule has 2 aromatic rings. The van der Waals surface area contributed by atoms with Gasteiger partial charge in [-0.1, -0.05) is 18.2 Å². The number of benzene rings is 2. The molecule has 0 aliphatic rings. The normalized spacial score (nSPS) is 11.5. The van der Waals surface area contributed by atoms with Gasteiger partial charge in [0, 0.05) is 12.7 Å². The molecule has 0 aliphatic carbocycles. The molecule has 0 saturated carbocycles. The van der Waals surface area contributed by atoms with Crippen LogP contribution in [0.1, 0.15) is 5.56 Å². The quantitative estimate of drug-likeness (QED) is 0.763. The van der Waals surface area contributed by atoms with Crippen LogP contribution in [0.3, 0.4) is 0 Å². The van der Waals surface area contributed by atoms with E-state index < -0.39 is 15.6 Å². The van der Waals surface area contributed by atoms with Crippen molar-refractivity contribution in [1.82, 2.24) is 0 Å². The lowest BCUT2D eigenvalue weighted by molar-refractivity contribution is 0.234. The van der Waals surface area contributed by atoms with Gasteiger partial charge >= 0.3 is 5.76 Å².